The second-order valence-electron chi connectivity index (χ2n) is 4.23. The SMILES string of the molecule is Nc1cc(-c2ccccc2OC(F)(F)F)cc(C(F)F)c1. The zero-order valence-electron chi connectivity index (χ0n) is 10.5. The summed E-state index contributed by atoms with van der Waals surface area (Å²) < 4.78 is 66.5. The lowest BCUT2D eigenvalue weighted by molar-refractivity contribution is -0.274. The van der Waals surface area contributed by atoms with Gasteiger partial charge >= 0.3 is 6.36 Å². The van der Waals surface area contributed by atoms with Gasteiger partial charge in [0.2, 0.25) is 0 Å². The van der Waals surface area contributed by atoms with E-state index >= 15 is 0 Å². The van der Waals surface area contributed by atoms with Crippen LogP contribution in [0.15, 0.2) is 42.5 Å². The van der Waals surface area contributed by atoms with E-state index < -0.39 is 18.5 Å². The van der Waals surface area contributed by atoms with E-state index in [2.05, 4.69) is 4.74 Å². The Bertz CT molecular complexity index is 640. The Balaban J connectivity index is 2.52. The van der Waals surface area contributed by atoms with Crippen LogP contribution in [-0.2, 0) is 0 Å². The molecule has 0 aromatic heterocycles. The zero-order chi connectivity index (χ0) is 15.6. The van der Waals surface area contributed by atoms with Crippen LogP contribution in [0.5, 0.6) is 5.75 Å². The zero-order valence-corrected chi connectivity index (χ0v) is 10.5. The van der Waals surface area contributed by atoms with E-state index in [0.717, 1.165) is 18.2 Å². The number of hydrogen-bond acceptors (Lipinski definition) is 2. The van der Waals surface area contributed by atoms with E-state index in [0.29, 0.717) is 0 Å². The molecule has 7 heteroatoms. The molecule has 0 saturated carbocycles. The van der Waals surface area contributed by atoms with E-state index in [9.17, 15) is 22.0 Å². The van der Waals surface area contributed by atoms with Gasteiger partial charge in [-0.25, -0.2) is 8.78 Å². The molecule has 2 N–H and O–H groups in total. The highest BCUT2D eigenvalue weighted by Gasteiger charge is 2.32. The van der Waals surface area contributed by atoms with Crippen LogP contribution in [0.3, 0.4) is 0 Å². The molecule has 0 amide bonds. The van der Waals surface area contributed by atoms with Gasteiger partial charge in [-0.2, -0.15) is 0 Å². The largest absolute Gasteiger partial charge is 0.573 e. The summed E-state index contributed by atoms with van der Waals surface area (Å²) in [5, 5.41) is 0. The molecule has 2 rings (SSSR count). The molecular weight excluding hydrogens is 293 g/mol. The average Bonchev–Trinajstić information content (AvgIpc) is 2.36. The van der Waals surface area contributed by atoms with Crippen molar-refractivity contribution in [2.24, 2.45) is 0 Å². The molecule has 2 nitrogen and oxygen atoms in total. The predicted molar refractivity (Wildman–Crippen MR) is 67.9 cm³/mol. The summed E-state index contributed by atoms with van der Waals surface area (Å²) in [5.74, 6) is -0.476. The van der Waals surface area contributed by atoms with E-state index in [1.807, 2.05) is 0 Å². The number of hydrogen-bond donors (Lipinski definition) is 1. The monoisotopic (exact) mass is 303 g/mol. The van der Waals surface area contributed by atoms with Crippen LogP contribution in [0, 0.1) is 0 Å². The molecule has 21 heavy (non-hydrogen) atoms. The van der Waals surface area contributed by atoms with Crippen LogP contribution in [0.4, 0.5) is 27.6 Å². The molecule has 0 aliphatic carbocycles. The first-order valence-corrected chi connectivity index (χ1v) is 5.80. The lowest BCUT2D eigenvalue weighted by Gasteiger charge is -2.14. The number of anilines is 1. The van der Waals surface area contributed by atoms with Crippen molar-refractivity contribution in [3.8, 4) is 16.9 Å². The first-order valence-electron chi connectivity index (χ1n) is 5.80. The Hall–Kier alpha value is -2.31. The van der Waals surface area contributed by atoms with Gasteiger partial charge in [-0.15, -0.1) is 13.2 Å². The Labute approximate surface area is 116 Å². The molecule has 0 bridgehead atoms. The molecule has 0 spiro atoms. The van der Waals surface area contributed by atoms with E-state index in [-0.39, 0.29) is 22.4 Å². The summed E-state index contributed by atoms with van der Waals surface area (Å²) >= 11 is 0. The van der Waals surface area contributed by atoms with Crippen molar-refractivity contribution in [2.75, 3.05) is 5.73 Å². The Morgan fingerprint density at radius 2 is 1.67 bits per heavy atom. The summed E-state index contributed by atoms with van der Waals surface area (Å²) in [5.41, 5.74) is 5.34. The molecular formula is C14H10F5NO. The molecule has 0 fully saturated rings. The standard InChI is InChI=1S/C14H10F5NO/c15-13(16)9-5-8(6-10(20)7-9)11-3-1-2-4-12(11)21-14(17,18)19/h1-7,13H,20H2. The average molecular weight is 303 g/mol. The van der Waals surface area contributed by atoms with Crippen molar-refractivity contribution >= 4 is 5.69 Å². The molecule has 0 atom stereocenters. The molecule has 0 radical (unpaired) electrons. The highest BCUT2D eigenvalue weighted by Crippen LogP contribution is 2.36. The van der Waals surface area contributed by atoms with Crippen molar-refractivity contribution in [1.82, 2.24) is 0 Å². The van der Waals surface area contributed by atoms with Crippen LogP contribution in [0.1, 0.15) is 12.0 Å². The highest BCUT2D eigenvalue weighted by molar-refractivity contribution is 5.74. The molecule has 0 unspecified atom stereocenters. The highest BCUT2D eigenvalue weighted by atomic mass is 19.4. The number of benzene rings is 2. The minimum atomic E-state index is -4.87. The number of ether oxygens (including phenoxy) is 1. The fraction of sp³-hybridized carbons (Fsp3) is 0.143. The van der Waals surface area contributed by atoms with Gasteiger partial charge in [0.1, 0.15) is 5.75 Å². The Kier molecular flexibility index (Phi) is 4.02. The van der Waals surface area contributed by atoms with Gasteiger partial charge in [-0.05, 0) is 29.8 Å². The van der Waals surface area contributed by atoms with Crippen molar-refractivity contribution in [3.05, 3.63) is 48.0 Å². The van der Waals surface area contributed by atoms with Crippen LogP contribution in [0.25, 0.3) is 11.1 Å². The van der Waals surface area contributed by atoms with Crippen molar-refractivity contribution in [3.63, 3.8) is 0 Å². The van der Waals surface area contributed by atoms with Gasteiger partial charge in [-0.1, -0.05) is 18.2 Å². The first-order chi connectivity index (χ1) is 9.76. The normalized spacial score (nSPS) is 11.7. The van der Waals surface area contributed by atoms with Crippen LogP contribution in [0.2, 0.25) is 0 Å². The number of alkyl halides is 5. The minimum Gasteiger partial charge on any atom is -0.405 e. The molecule has 2 aromatic carbocycles. The number of para-hydroxylation sites is 1. The van der Waals surface area contributed by atoms with Crippen molar-refractivity contribution in [2.45, 2.75) is 12.8 Å². The summed E-state index contributed by atoms with van der Waals surface area (Å²) in [7, 11) is 0. The molecule has 0 saturated heterocycles. The second kappa shape index (κ2) is 5.59. The van der Waals surface area contributed by atoms with E-state index in [1.54, 1.807) is 0 Å². The maximum atomic E-state index is 12.7. The Morgan fingerprint density at radius 3 is 2.29 bits per heavy atom. The molecule has 112 valence electrons. The maximum Gasteiger partial charge on any atom is 0.573 e. The lowest BCUT2D eigenvalue weighted by Crippen LogP contribution is -2.17. The third-order valence-corrected chi connectivity index (χ3v) is 2.65. The third kappa shape index (κ3) is 3.84. The number of nitrogens with two attached hydrogens (primary N) is 1. The Morgan fingerprint density at radius 1 is 1.00 bits per heavy atom. The first kappa shape index (κ1) is 15.1. The van der Waals surface area contributed by atoms with Crippen molar-refractivity contribution in [1.29, 1.82) is 0 Å². The molecule has 0 aliphatic heterocycles. The van der Waals surface area contributed by atoms with Gasteiger partial charge in [0, 0.05) is 16.8 Å². The van der Waals surface area contributed by atoms with Gasteiger partial charge in [-0.3, -0.25) is 0 Å². The van der Waals surface area contributed by atoms with Crippen molar-refractivity contribution < 1.29 is 26.7 Å². The van der Waals surface area contributed by atoms with E-state index in [1.165, 1.54) is 24.3 Å². The lowest BCUT2D eigenvalue weighted by atomic mass is 10.0. The summed E-state index contributed by atoms with van der Waals surface area (Å²) in [6.45, 7) is 0. The number of halogens is 5. The number of rotatable bonds is 3. The maximum absolute atomic E-state index is 12.7. The van der Waals surface area contributed by atoms with Crippen LogP contribution >= 0.6 is 0 Å². The topological polar surface area (TPSA) is 35.2 Å². The number of nitrogen functional groups attached to an aromatic ring is 1. The smallest absolute Gasteiger partial charge is 0.405 e. The van der Waals surface area contributed by atoms with Gasteiger partial charge in [0.15, 0.2) is 0 Å². The summed E-state index contributed by atoms with van der Waals surface area (Å²) in [6.07, 6.45) is -7.65. The minimum absolute atomic E-state index is 0.0315. The summed E-state index contributed by atoms with van der Waals surface area (Å²) in [6, 6.07) is 8.74. The fourth-order valence-electron chi connectivity index (χ4n) is 1.88. The van der Waals surface area contributed by atoms with Crippen LogP contribution in [-0.4, -0.2) is 6.36 Å². The summed E-state index contributed by atoms with van der Waals surface area (Å²) in [4.78, 5) is 0. The quantitative estimate of drug-likeness (QED) is 0.654. The predicted octanol–water partition coefficient (Wildman–Crippen LogP) is 4.77. The van der Waals surface area contributed by atoms with E-state index in [4.69, 9.17) is 5.73 Å². The van der Waals surface area contributed by atoms with Crippen LogP contribution < -0.4 is 10.5 Å². The second-order valence-corrected chi connectivity index (χ2v) is 4.23. The molecule has 0 heterocycles. The van der Waals surface area contributed by atoms with Gasteiger partial charge in [0.05, 0.1) is 0 Å². The fourth-order valence-corrected chi connectivity index (χ4v) is 1.88. The third-order valence-electron chi connectivity index (χ3n) is 2.65. The molecule has 2 aromatic rings. The molecule has 0 aliphatic rings. The van der Waals surface area contributed by atoms with Gasteiger partial charge in [0.25, 0.3) is 6.43 Å². The van der Waals surface area contributed by atoms with Gasteiger partial charge < -0.3 is 10.5 Å².